The molecule has 0 fully saturated rings. The minimum atomic E-state index is -0.552. The first-order valence-electron chi connectivity index (χ1n) is 6.06. The number of carbonyl (C=O) groups excluding carboxylic acids is 1. The Labute approximate surface area is 113 Å². The predicted molar refractivity (Wildman–Crippen MR) is 70.8 cm³/mol. The summed E-state index contributed by atoms with van der Waals surface area (Å²) in [6, 6.07) is 5.35. The second-order valence-electron chi connectivity index (χ2n) is 3.92. The first kappa shape index (κ1) is 12.2. The molecular formula is C12H12N6O2. The Kier molecular flexibility index (Phi) is 3.04. The van der Waals surface area contributed by atoms with Crippen molar-refractivity contribution in [1.29, 1.82) is 0 Å². The van der Waals surface area contributed by atoms with Gasteiger partial charge in [0.15, 0.2) is 0 Å². The average molecular weight is 272 g/mol. The molecule has 3 rings (SSSR count). The standard InChI is InChI=1S/C12H12N6O2/c1-2-20-11(19)10-15-9-4-3-7-18(9)12(16-10)14-8-5-6-13-17-8/h3-7H,2H2,1H3,(H2,13,14,15,16,17). The van der Waals surface area contributed by atoms with Crippen LogP contribution in [0.4, 0.5) is 11.8 Å². The van der Waals surface area contributed by atoms with E-state index in [0.717, 1.165) is 0 Å². The smallest absolute Gasteiger partial charge is 0.376 e. The Bertz CT molecular complexity index is 734. The van der Waals surface area contributed by atoms with Crippen molar-refractivity contribution in [1.82, 2.24) is 24.6 Å². The number of aromatic amines is 1. The van der Waals surface area contributed by atoms with E-state index in [1.54, 1.807) is 35.9 Å². The normalized spacial score (nSPS) is 10.7. The molecule has 0 aromatic carbocycles. The van der Waals surface area contributed by atoms with Crippen LogP contribution in [0.1, 0.15) is 17.5 Å². The lowest BCUT2D eigenvalue weighted by Crippen LogP contribution is -2.13. The maximum absolute atomic E-state index is 11.8. The highest BCUT2D eigenvalue weighted by molar-refractivity contribution is 5.86. The summed E-state index contributed by atoms with van der Waals surface area (Å²) in [6.07, 6.45) is 3.41. The van der Waals surface area contributed by atoms with E-state index >= 15 is 0 Å². The topological polar surface area (TPSA) is 97.2 Å². The van der Waals surface area contributed by atoms with Crippen LogP contribution in [0.5, 0.6) is 0 Å². The molecule has 3 heterocycles. The van der Waals surface area contributed by atoms with Gasteiger partial charge in [-0.1, -0.05) is 0 Å². The zero-order valence-corrected chi connectivity index (χ0v) is 10.7. The van der Waals surface area contributed by atoms with Crippen LogP contribution >= 0.6 is 0 Å². The molecule has 0 amide bonds. The number of hydrogen-bond donors (Lipinski definition) is 2. The third-order valence-corrected chi connectivity index (χ3v) is 2.59. The molecule has 102 valence electrons. The minimum Gasteiger partial charge on any atom is -0.460 e. The molecule has 0 radical (unpaired) electrons. The van der Waals surface area contributed by atoms with E-state index in [4.69, 9.17) is 4.74 Å². The van der Waals surface area contributed by atoms with Crippen molar-refractivity contribution < 1.29 is 9.53 Å². The van der Waals surface area contributed by atoms with Crippen LogP contribution in [-0.2, 0) is 4.74 Å². The van der Waals surface area contributed by atoms with Crippen LogP contribution in [0.3, 0.4) is 0 Å². The number of H-pyrrole nitrogens is 1. The lowest BCUT2D eigenvalue weighted by molar-refractivity contribution is 0.0512. The number of carbonyl (C=O) groups is 1. The predicted octanol–water partition coefficient (Wildman–Crippen LogP) is 1.37. The summed E-state index contributed by atoms with van der Waals surface area (Å²) in [7, 11) is 0. The fraction of sp³-hybridized carbons (Fsp3) is 0.167. The molecule has 0 aliphatic rings. The monoisotopic (exact) mass is 272 g/mol. The number of fused-ring (bicyclic) bond motifs is 1. The van der Waals surface area contributed by atoms with Crippen molar-refractivity contribution in [2.45, 2.75) is 6.92 Å². The van der Waals surface area contributed by atoms with Gasteiger partial charge in [-0.15, -0.1) is 0 Å². The van der Waals surface area contributed by atoms with Crippen LogP contribution in [0, 0.1) is 0 Å². The van der Waals surface area contributed by atoms with Gasteiger partial charge in [0.1, 0.15) is 11.5 Å². The van der Waals surface area contributed by atoms with Crippen molar-refractivity contribution in [3.8, 4) is 0 Å². The van der Waals surface area contributed by atoms with Crippen LogP contribution in [-0.4, -0.2) is 37.1 Å². The van der Waals surface area contributed by atoms with Crippen LogP contribution in [0.15, 0.2) is 30.6 Å². The van der Waals surface area contributed by atoms with E-state index in [0.29, 0.717) is 17.4 Å². The van der Waals surface area contributed by atoms with E-state index in [2.05, 4.69) is 25.5 Å². The SMILES string of the molecule is CCOC(=O)c1nc(Nc2ccn[nH]2)n2cccc2n1. The highest BCUT2D eigenvalue weighted by Gasteiger charge is 2.15. The third kappa shape index (κ3) is 2.18. The van der Waals surface area contributed by atoms with Gasteiger partial charge in [0.2, 0.25) is 11.8 Å². The molecule has 0 atom stereocenters. The highest BCUT2D eigenvalue weighted by Crippen LogP contribution is 2.14. The summed E-state index contributed by atoms with van der Waals surface area (Å²) in [5.41, 5.74) is 0.602. The first-order chi connectivity index (χ1) is 9.78. The number of aromatic nitrogens is 5. The van der Waals surface area contributed by atoms with Crippen LogP contribution < -0.4 is 5.32 Å². The number of esters is 1. The Balaban J connectivity index is 2.04. The number of rotatable bonds is 4. The summed E-state index contributed by atoms with van der Waals surface area (Å²) in [5.74, 6) is 0.574. The molecule has 20 heavy (non-hydrogen) atoms. The molecule has 8 nitrogen and oxygen atoms in total. The van der Waals surface area contributed by atoms with E-state index < -0.39 is 5.97 Å². The van der Waals surface area contributed by atoms with Gasteiger partial charge >= 0.3 is 5.97 Å². The van der Waals surface area contributed by atoms with E-state index in [1.165, 1.54) is 0 Å². The van der Waals surface area contributed by atoms with Gasteiger partial charge in [0.25, 0.3) is 0 Å². The van der Waals surface area contributed by atoms with Gasteiger partial charge in [-0.3, -0.25) is 9.50 Å². The quantitative estimate of drug-likeness (QED) is 0.696. The van der Waals surface area contributed by atoms with E-state index in [9.17, 15) is 4.79 Å². The fourth-order valence-electron chi connectivity index (χ4n) is 1.75. The molecule has 3 aromatic heterocycles. The van der Waals surface area contributed by atoms with Crippen molar-refractivity contribution in [2.75, 3.05) is 11.9 Å². The molecule has 0 unspecified atom stereocenters. The molecule has 0 saturated carbocycles. The molecule has 0 saturated heterocycles. The van der Waals surface area contributed by atoms with Crippen molar-refractivity contribution in [3.63, 3.8) is 0 Å². The Morgan fingerprint density at radius 3 is 3.10 bits per heavy atom. The van der Waals surface area contributed by atoms with Gasteiger partial charge in [-0.2, -0.15) is 10.1 Å². The minimum absolute atomic E-state index is 0.0139. The van der Waals surface area contributed by atoms with Gasteiger partial charge in [0, 0.05) is 12.3 Å². The fourth-order valence-corrected chi connectivity index (χ4v) is 1.75. The highest BCUT2D eigenvalue weighted by atomic mass is 16.5. The zero-order chi connectivity index (χ0) is 13.9. The average Bonchev–Trinajstić information content (AvgIpc) is 3.09. The van der Waals surface area contributed by atoms with Gasteiger partial charge in [-0.25, -0.2) is 9.78 Å². The van der Waals surface area contributed by atoms with Gasteiger partial charge in [-0.05, 0) is 19.1 Å². The molecule has 2 N–H and O–H groups in total. The van der Waals surface area contributed by atoms with E-state index in [1.807, 2.05) is 6.07 Å². The summed E-state index contributed by atoms with van der Waals surface area (Å²) in [4.78, 5) is 20.1. The van der Waals surface area contributed by atoms with Gasteiger partial charge in [0.05, 0.1) is 12.8 Å². The van der Waals surface area contributed by atoms with Crippen molar-refractivity contribution in [2.24, 2.45) is 0 Å². The molecule has 0 aliphatic carbocycles. The van der Waals surface area contributed by atoms with Crippen molar-refractivity contribution >= 4 is 23.4 Å². The molecule has 0 spiro atoms. The first-order valence-corrected chi connectivity index (χ1v) is 6.06. The maximum Gasteiger partial charge on any atom is 0.376 e. The Hall–Kier alpha value is -2.90. The third-order valence-electron chi connectivity index (χ3n) is 2.59. The zero-order valence-electron chi connectivity index (χ0n) is 10.7. The second kappa shape index (κ2) is 5.00. The molecule has 0 bridgehead atoms. The van der Waals surface area contributed by atoms with Gasteiger partial charge < -0.3 is 10.1 Å². The van der Waals surface area contributed by atoms with E-state index in [-0.39, 0.29) is 12.4 Å². The summed E-state index contributed by atoms with van der Waals surface area (Å²) in [5, 5.41) is 9.64. The number of nitrogens with zero attached hydrogens (tertiary/aromatic N) is 4. The maximum atomic E-state index is 11.8. The van der Waals surface area contributed by atoms with Crippen LogP contribution in [0.2, 0.25) is 0 Å². The number of nitrogens with one attached hydrogen (secondary N) is 2. The lowest BCUT2D eigenvalue weighted by atomic mass is 10.5. The Morgan fingerprint density at radius 2 is 2.35 bits per heavy atom. The Morgan fingerprint density at radius 1 is 1.45 bits per heavy atom. The second-order valence-corrected chi connectivity index (χ2v) is 3.92. The summed E-state index contributed by atoms with van der Waals surface area (Å²) < 4.78 is 6.65. The molecule has 8 heteroatoms. The summed E-state index contributed by atoms with van der Waals surface area (Å²) >= 11 is 0. The lowest BCUT2D eigenvalue weighted by Gasteiger charge is -2.08. The largest absolute Gasteiger partial charge is 0.460 e. The number of anilines is 2. The summed E-state index contributed by atoms with van der Waals surface area (Å²) in [6.45, 7) is 2.01. The molecule has 3 aromatic rings. The van der Waals surface area contributed by atoms with Crippen molar-refractivity contribution in [3.05, 3.63) is 36.4 Å². The number of hydrogen-bond acceptors (Lipinski definition) is 6. The number of ether oxygens (including phenoxy) is 1. The van der Waals surface area contributed by atoms with Crippen LogP contribution in [0.25, 0.3) is 5.65 Å². The molecule has 0 aliphatic heterocycles. The molecular weight excluding hydrogens is 260 g/mol.